The number of anilines is 1. The van der Waals surface area contributed by atoms with Gasteiger partial charge in [-0.25, -0.2) is 0 Å². The number of nitrogens with one attached hydrogen (secondary N) is 1. The highest BCUT2D eigenvalue weighted by atomic mass is 15.3. The summed E-state index contributed by atoms with van der Waals surface area (Å²) in [7, 11) is 0. The van der Waals surface area contributed by atoms with E-state index in [9.17, 15) is 0 Å². The second-order valence-electron chi connectivity index (χ2n) is 5.99. The average molecular weight is 297 g/mol. The molecule has 2 aromatic rings. The van der Waals surface area contributed by atoms with Crippen LogP contribution in [-0.2, 0) is 0 Å². The van der Waals surface area contributed by atoms with Gasteiger partial charge in [0, 0.05) is 37.6 Å². The summed E-state index contributed by atoms with van der Waals surface area (Å²) in [5, 5.41) is 12.2. The number of aromatic nitrogens is 3. The molecule has 22 heavy (non-hydrogen) atoms. The number of nitrogens with zero attached hydrogens (tertiary/aromatic N) is 4. The number of aryl methyl sites for hydroxylation is 1. The zero-order chi connectivity index (χ0) is 15.4. The molecule has 0 bridgehead atoms. The third-order valence-corrected chi connectivity index (χ3v) is 4.20. The number of hydrogen-bond acceptors (Lipinski definition) is 5. The topological polar surface area (TPSA) is 53.9 Å². The summed E-state index contributed by atoms with van der Waals surface area (Å²) in [6.45, 7) is 6.19. The fourth-order valence-corrected chi connectivity index (χ4v) is 2.96. The summed E-state index contributed by atoms with van der Waals surface area (Å²) in [5.74, 6) is 0.978. The highest BCUT2D eigenvalue weighted by molar-refractivity contribution is 5.38. The van der Waals surface area contributed by atoms with E-state index >= 15 is 0 Å². The summed E-state index contributed by atoms with van der Waals surface area (Å²) in [5.41, 5.74) is 2.19. The van der Waals surface area contributed by atoms with Crippen molar-refractivity contribution < 1.29 is 0 Å². The maximum absolute atomic E-state index is 4.31. The van der Waals surface area contributed by atoms with Crippen LogP contribution < -0.4 is 10.2 Å². The van der Waals surface area contributed by atoms with Crippen LogP contribution in [0.25, 0.3) is 0 Å². The van der Waals surface area contributed by atoms with Crippen molar-refractivity contribution in [2.45, 2.75) is 38.8 Å². The normalized spacial score (nSPS) is 19.9. The minimum atomic E-state index is 0.308. The molecule has 0 aliphatic carbocycles. The average Bonchev–Trinajstić information content (AvgIpc) is 2.56. The molecule has 1 N–H and O–H groups in total. The lowest BCUT2D eigenvalue weighted by Gasteiger charge is -2.35. The van der Waals surface area contributed by atoms with Gasteiger partial charge in [-0.1, -0.05) is 6.07 Å². The standard InChI is InChI=1S/C17H23N5/c1-13-7-8-17(21-20-13)22-10-4-6-16(12-22)19-14(2)15-5-3-9-18-11-15/h3,5,7-9,11,14,16,19H,4,6,10,12H2,1-2H3/t14-,16-/m1/s1. The lowest BCUT2D eigenvalue weighted by Crippen LogP contribution is -2.46. The highest BCUT2D eigenvalue weighted by Crippen LogP contribution is 2.20. The number of hydrogen-bond donors (Lipinski definition) is 1. The van der Waals surface area contributed by atoms with Crippen LogP contribution in [0.5, 0.6) is 0 Å². The molecular weight excluding hydrogens is 274 g/mol. The molecule has 5 heteroatoms. The quantitative estimate of drug-likeness (QED) is 0.939. The van der Waals surface area contributed by atoms with Crippen molar-refractivity contribution in [1.29, 1.82) is 0 Å². The lowest BCUT2D eigenvalue weighted by molar-refractivity contribution is 0.386. The fourth-order valence-electron chi connectivity index (χ4n) is 2.96. The minimum Gasteiger partial charge on any atom is -0.354 e. The van der Waals surface area contributed by atoms with Crippen LogP contribution in [0.1, 0.15) is 37.1 Å². The van der Waals surface area contributed by atoms with Crippen molar-refractivity contribution >= 4 is 5.82 Å². The van der Waals surface area contributed by atoms with Crippen LogP contribution in [0.3, 0.4) is 0 Å². The molecule has 0 amide bonds. The molecule has 3 heterocycles. The first kappa shape index (κ1) is 14.9. The predicted octanol–water partition coefficient (Wildman–Crippen LogP) is 2.50. The van der Waals surface area contributed by atoms with Crippen molar-refractivity contribution in [3.05, 3.63) is 47.9 Å². The Balaban J connectivity index is 1.62. The molecule has 0 saturated carbocycles. The Morgan fingerprint density at radius 1 is 1.27 bits per heavy atom. The Labute approximate surface area is 131 Å². The van der Waals surface area contributed by atoms with E-state index in [0.717, 1.165) is 24.6 Å². The first-order valence-electron chi connectivity index (χ1n) is 7.93. The fraction of sp³-hybridized carbons (Fsp3) is 0.471. The van der Waals surface area contributed by atoms with Gasteiger partial charge in [0.1, 0.15) is 0 Å². The monoisotopic (exact) mass is 297 g/mol. The molecule has 2 aromatic heterocycles. The molecule has 5 nitrogen and oxygen atoms in total. The van der Waals surface area contributed by atoms with Crippen LogP contribution in [-0.4, -0.2) is 34.3 Å². The molecule has 116 valence electrons. The Morgan fingerprint density at radius 2 is 2.18 bits per heavy atom. The predicted molar refractivity (Wildman–Crippen MR) is 87.8 cm³/mol. The molecule has 0 aromatic carbocycles. The van der Waals surface area contributed by atoms with E-state index in [2.05, 4.69) is 44.5 Å². The van der Waals surface area contributed by atoms with Gasteiger partial charge in [-0.2, -0.15) is 5.10 Å². The summed E-state index contributed by atoms with van der Waals surface area (Å²) in [6.07, 6.45) is 6.12. The molecule has 0 unspecified atom stereocenters. The molecule has 2 atom stereocenters. The number of pyridine rings is 1. The third-order valence-electron chi connectivity index (χ3n) is 4.20. The molecule has 1 aliphatic heterocycles. The Bertz CT molecular complexity index is 584. The Hall–Kier alpha value is -2.01. The van der Waals surface area contributed by atoms with Crippen LogP contribution in [0.2, 0.25) is 0 Å². The van der Waals surface area contributed by atoms with Gasteiger partial charge in [-0.05, 0) is 50.5 Å². The van der Waals surface area contributed by atoms with Crippen LogP contribution in [0.15, 0.2) is 36.7 Å². The maximum atomic E-state index is 4.31. The lowest BCUT2D eigenvalue weighted by atomic mass is 10.0. The maximum Gasteiger partial charge on any atom is 0.151 e. The van der Waals surface area contributed by atoms with E-state index in [4.69, 9.17) is 0 Å². The largest absolute Gasteiger partial charge is 0.354 e. The zero-order valence-electron chi connectivity index (χ0n) is 13.2. The van der Waals surface area contributed by atoms with Gasteiger partial charge in [0.2, 0.25) is 0 Å². The summed E-state index contributed by atoms with van der Waals surface area (Å²) in [6, 6.07) is 8.97. The summed E-state index contributed by atoms with van der Waals surface area (Å²) < 4.78 is 0. The molecule has 1 aliphatic rings. The van der Waals surface area contributed by atoms with E-state index in [1.54, 1.807) is 0 Å². The molecule has 0 radical (unpaired) electrons. The van der Waals surface area contributed by atoms with Crippen LogP contribution >= 0.6 is 0 Å². The third kappa shape index (κ3) is 3.60. The molecule has 3 rings (SSSR count). The van der Waals surface area contributed by atoms with E-state index in [1.165, 1.54) is 18.4 Å². The second kappa shape index (κ2) is 6.83. The van der Waals surface area contributed by atoms with E-state index < -0.39 is 0 Å². The molecule has 1 fully saturated rings. The highest BCUT2D eigenvalue weighted by Gasteiger charge is 2.22. The summed E-state index contributed by atoms with van der Waals surface area (Å²) >= 11 is 0. The minimum absolute atomic E-state index is 0.308. The zero-order valence-corrected chi connectivity index (χ0v) is 13.2. The number of rotatable bonds is 4. The number of piperidine rings is 1. The van der Waals surface area contributed by atoms with Gasteiger partial charge in [0.15, 0.2) is 5.82 Å². The van der Waals surface area contributed by atoms with Crippen LogP contribution in [0.4, 0.5) is 5.82 Å². The van der Waals surface area contributed by atoms with Crippen molar-refractivity contribution in [1.82, 2.24) is 20.5 Å². The molecule has 1 saturated heterocycles. The first-order chi connectivity index (χ1) is 10.7. The van der Waals surface area contributed by atoms with E-state index in [-0.39, 0.29) is 0 Å². The van der Waals surface area contributed by atoms with Crippen molar-refractivity contribution in [2.24, 2.45) is 0 Å². The Kier molecular flexibility index (Phi) is 4.63. The van der Waals surface area contributed by atoms with Gasteiger partial charge in [-0.3, -0.25) is 4.98 Å². The smallest absolute Gasteiger partial charge is 0.151 e. The van der Waals surface area contributed by atoms with Crippen molar-refractivity contribution in [3.8, 4) is 0 Å². The first-order valence-corrected chi connectivity index (χ1v) is 7.93. The second-order valence-corrected chi connectivity index (χ2v) is 5.99. The van der Waals surface area contributed by atoms with Gasteiger partial charge >= 0.3 is 0 Å². The van der Waals surface area contributed by atoms with Crippen molar-refractivity contribution in [3.63, 3.8) is 0 Å². The molecule has 0 spiro atoms. The Morgan fingerprint density at radius 3 is 2.91 bits per heavy atom. The van der Waals surface area contributed by atoms with Gasteiger partial charge < -0.3 is 10.2 Å². The molecular formula is C17H23N5. The van der Waals surface area contributed by atoms with Crippen molar-refractivity contribution in [2.75, 3.05) is 18.0 Å². The van der Waals surface area contributed by atoms with E-state index in [0.29, 0.717) is 12.1 Å². The SMILES string of the molecule is Cc1ccc(N2CCC[C@@H](N[C@H](C)c3cccnc3)C2)nn1. The van der Waals surface area contributed by atoms with Gasteiger partial charge in [-0.15, -0.1) is 5.10 Å². The van der Waals surface area contributed by atoms with Gasteiger partial charge in [0.05, 0.1) is 5.69 Å². The summed E-state index contributed by atoms with van der Waals surface area (Å²) in [4.78, 5) is 6.52. The van der Waals surface area contributed by atoms with Gasteiger partial charge in [0.25, 0.3) is 0 Å². The van der Waals surface area contributed by atoms with Crippen LogP contribution in [0, 0.1) is 6.92 Å². The van der Waals surface area contributed by atoms with E-state index in [1.807, 2.05) is 31.5 Å².